The molecule has 0 saturated carbocycles. The van der Waals surface area contributed by atoms with Crippen LogP contribution >= 0.6 is 23.2 Å². The Morgan fingerprint density at radius 2 is 1.79 bits per heavy atom. The van der Waals surface area contributed by atoms with E-state index < -0.39 is 5.97 Å². The standard InChI is InChI=1S/C14H9Cl2NO2/c15-12-2-1-10(8-13(12)16)11(14(18)19)7-9-3-5-17-6-4-9/h1-8H,(H,18,19)/b11-7-. The zero-order valence-corrected chi connectivity index (χ0v) is 11.2. The lowest BCUT2D eigenvalue weighted by atomic mass is 10.0. The van der Waals surface area contributed by atoms with Crippen molar-refractivity contribution in [1.82, 2.24) is 4.98 Å². The molecule has 0 aliphatic carbocycles. The van der Waals surface area contributed by atoms with Gasteiger partial charge in [-0.2, -0.15) is 0 Å². The van der Waals surface area contributed by atoms with E-state index in [2.05, 4.69) is 4.98 Å². The summed E-state index contributed by atoms with van der Waals surface area (Å²) in [6, 6.07) is 8.17. The number of aromatic nitrogens is 1. The number of carboxylic acids is 1. The van der Waals surface area contributed by atoms with E-state index in [1.165, 1.54) is 6.07 Å². The number of nitrogens with zero attached hydrogens (tertiary/aromatic N) is 1. The SMILES string of the molecule is O=C(O)/C(=C\c1ccncc1)c1ccc(Cl)c(Cl)c1. The number of hydrogen-bond acceptors (Lipinski definition) is 2. The summed E-state index contributed by atoms with van der Waals surface area (Å²) in [5, 5.41) is 10.00. The van der Waals surface area contributed by atoms with Crippen LogP contribution in [-0.4, -0.2) is 16.1 Å². The predicted octanol–water partition coefficient (Wildman–Crippen LogP) is 4.01. The van der Waals surface area contributed by atoms with Crippen LogP contribution < -0.4 is 0 Å². The fourth-order valence-electron chi connectivity index (χ4n) is 1.56. The van der Waals surface area contributed by atoms with Gasteiger partial charge in [-0.15, -0.1) is 0 Å². The van der Waals surface area contributed by atoms with Crippen LogP contribution in [0.25, 0.3) is 11.6 Å². The van der Waals surface area contributed by atoms with Crippen LogP contribution in [0, 0.1) is 0 Å². The Balaban J connectivity index is 2.49. The Morgan fingerprint density at radius 1 is 1.11 bits per heavy atom. The molecule has 96 valence electrons. The molecule has 0 aliphatic rings. The van der Waals surface area contributed by atoms with Crippen LogP contribution in [0.2, 0.25) is 10.0 Å². The van der Waals surface area contributed by atoms with E-state index in [1.807, 2.05) is 0 Å². The second-order valence-corrected chi connectivity index (χ2v) is 4.59. The van der Waals surface area contributed by atoms with Crippen molar-refractivity contribution in [3.63, 3.8) is 0 Å². The van der Waals surface area contributed by atoms with Gasteiger partial charge < -0.3 is 5.11 Å². The minimum Gasteiger partial charge on any atom is -0.478 e. The molecule has 1 aromatic carbocycles. The van der Waals surface area contributed by atoms with Gasteiger partial charge in [0.05, 0.1) is 15.6 Å². The summed E-state index contributed by atoms with van der Waals surface area (Å²) < 4.78 is 0. The van der Waals surface area contributed by atoms with Crippen molar-refractivity contribution in [2.24, 2.45) is 0 Å². The van der Waals surface area contributed by atoms with Gasteiger partial charge in [-0.25, -0.2) is 4.79 Å². The van der Waals surface area contributed by atoms with Gasteiger partial charge in [0.2, 0.25) is 0 Å². The maximum Gasteiger partial charge on any atom is 0.336 e. The highest BCUT2D eigenvalue weighted by Gasteiger charge is 2.12. The van der Waals surface area contributed by atoms with Gasteiger partial charge in [0.1, 0.15) is 0 Å². The van der Waals surface area contributed by atoms with Crippen LogP contribution in [0.3, 0.4) is 0 Å². The molecule has 0 saturated heterocycles. The van der Waals surface area contributed by atoms with Crippen molar-refractivity contribution in [1.29, 1.82) is 0 Å². The number of pyridine rings is 1. The van der Waals surface area contributed by atoms with E-state index >= 15 is 0 Å². The lowest BCUT2D eigenvalue weighted by Gasteiger charge is -2.05. The number of carboxylic acid groups (broad SMARTS) is 1. The van der Waals surface area contributed by atoms with E-state index in [-0.39, 0.29) is 5.57 Å². The van der Waals surface area contributed by atoms with E-state index in [9.17, 15) is 9.90 Å². The van der Waals surface area contributed by atoms with Crippen LogP contribution in [0.4, 0.5) is 0 Å². The second kappa shape index (κ2) is 5.87. The van der Waals surface area contributed by atoms with E-state index in [1.54, 1.807) is 42.7 Å². The van der Waals surface area contributed by atoms with Crippen molar-refractivity contribution in [3.8, 4) is 0 Å². The normalized spacial score (nSPS) is 11.4. The maximum absolute atomic E-state index is 11.3. The number of carbonyl (C=O) groups is 1. The van der Waals surface area contributed by atoms with Gasteiger partial charge in [-0.05, 0) is 41.5 Å². The molecule has 3 nitrogen and oxygen atoms in total. The molecule has 0 radical (unpaired) electrons. The third-order valence-corrected chi connectivity index (χ3v) is 3.22. The second-order valence-electron chi connectivity index (χ2n) is 3.77. The van der Waals surface area contributed by atoms with Crippen molar-refractivity contribution < 1.29 is 9.90 Å². The Morgan fingerprint density at radius 3 is 2.37 bits per heavy atom. The van der Waals surface area contributed by atoms with Gasteiger partial charge in [0.25, 0.3) is 0 Å². The monoisotopic (exact) mass is 293 g/mol. The molecule has 1 N–H and O–H groups in total. The van der Waals surface area contributed by atoms with Crippen LogP contribution in [0.1, 0.15) is 11.1 Å². The molecule has 1 heterocycles. The molecule has 0 bridgehead atoms. The molecule has 5 heteroatoms. The number of rotatable bonds is 3. The first-order valence-electron chi connectivity index (χ1n) is 5.38. The Hall–Kier alpha value is -1.84. The fourth-order valence-corrected chi connectivity index (χ4v) is 1.86. The van der Waals surface area contributed by atoms with Crippen molar-refractivity contribution in [2.45, 2.75) is 0 Å². The molecule has 0 amide bonds. The minimum absolute atomic E-state index is 0.143. The van der Waals surface area contributed by atoms with Gasteiger partial charge >= 0.3 is 5.97 Å². The first-order chi connectivity index (χ1) is 9.08. The molecule has 2 rings (SSSR count). The highest BCUT2D eigenvalue weighted by atomic mass is 35.5. The Bertz CT molecular complexity index is 639. The first-order valence-corrected chi connectivity index (χ1v) is 6.14. The lowest BCUT2D eigenvalue weighted by Crippen LogP contribution is -1.99. The summed E-state index contributed by atoms with van der Waals surface area (Å²) in [6.07, 6.45) is 4.75. The summed E-state index contributed by atoms with van der Waals surface area (Å²) in [4.78, 5) is 15.2. The largest absolute Gasteiger partial charge is 0.478 e. The summed E-state index contributed by atoms with van der Waals surface area (Å²) in [5.41, 5.74) is 1.39. The third-order valence-electron chi connectivity index (χ3n) is 2.48. The molecular weight excluding hydrogens is 285 g/mol. The molecule has 2 aromatic rings. The zero-order valence-electron chi connectivity index (χ0n) is 9.68. The molecule has 0 aliphatic heterocycles. The highest BCUT2D eigenvalue weighted by Crippen LogP contribution is 2.27. The van der Waals surface area contributed by atoms with Gasteiger partial charge in [0.15, 0.2) is 0 Å². The van der Waals surface area contributed by atoms with E-state index in [4.69, 9.17) is 23.2 Å². The number of halogens is 2. The fraction of sp³-hybridized carbons (Fsp3) is 0. The van der Waals surface area contributed by atoms with Crippen LogP contribution in [-0.2, 0) is 4.79 Å². The van der Waals surface area contributed by atoms with E-state index in [0.29, 0.717) is 15.6 Å². The predicted molar refractivity (Wildman–Crippen MR) is 76.2 cm³/mol. The molecule has 1 aromatic heterocycles. The summed E-state index contributed by atoms with van der Waals surface area (Å²) in [6.45, 7) is 0. The summed E-state index contributed by atoms with van der Waals surface area (Å²) >= 11 is 11.7. The molecule has 0 spiro atoms. The lowest BCUT2D eigenvalue weighted by molar-refractivity contribution is -0.130. The van der Waals surface area contributed by atoms with Crippen molar-refractivity contribution >= 4 is 40.8 Å². The van der Waals surface area contributed by atoms with Gasteiger partial charge in [-0.1, -0.05) is 29.3 Å². The topological polar surface area (TPSA) is 50.2 Å². The number of aliphatic carboxylic acids is 1. The first kappa shape index (κ1) is 13.6. The van der Waals surface area contributed by atoms with Crippen molar-refractivity contribution in [2.75, 3.05) is 0 Å². The zero-order chi connectivity index (χ0) is 13.8. The number of benzene rings is 1. The molecule has 0 atom stereocenters. The molecular formula is C14H9Cl2NO2. The Kier molecular flexibility index (Phi) is 4.20. The van der Waals surface area contributed by atoms with Gasteiger partial charge in [-0.3, -0.25) is 4.98 Å². The van der Waals surface area contributed by atoms with Crippen LogP contribution in [0.15, 0.2) is 42.7 Å². The smallest absolute Gasteiger partial charge is 0.336 e. The summed E-state index contributed by atoms with van der Waals surface area (Å²) in [7, 11) is 0. The van der Waals surface area contributed by atoms with Crippen molar-refractivity contribution in [3.05, 3.63) is 63.9 Å². The average molecular weight is 294 g/mol. The Labute approximate surface area is 120 Å². The molecule has 0 unspecified atom stereocenters. The number of hydrogen-bond donors (Lipinski definition) is 1. The van der Waals surface area contributed by atoms with E-state index in [0.717, 1.165) is 5.56 Å². The van der Waals surface area contributed by atoms with Gasteiger partial charge in [0, 0.05) is 12.4 Å². The molecule has 0 fully saturated rings. The third kappa shape index (κ3) is 3.34. The minimum atomic E-state index is -1.03. The molecule has 19 heavy (non-hydrogen) atoms. The quantitative estimate of drug-likeness (QED) is 0.870. The summed E-state index contributed by atoms with van der Waals surface area (Å²) in [5.74, 6) is -1.03. The van der Waals surface area contributed by atoms with Crippen LogP contribution in [0.5, 0.6) is 0 Å². The highest BCUT2D eigenvalue weighted by molar-refractivity contribution is 6.42. The average Bonchev–Trinajstić information content (AvgIpc) is 2.40. The maximum atomic E-state index is 11.3.